The lowest BCUT2D eigenvalue weighted by Crippen LogP contribution is -2.25. The molecule has 2 aliphatic rings. The topological polar surface area (TPSA) is 35.5 Å². The van der Waals surface area contributed by atoms with Gasteiger partial charge in [0.2, 0.25) is 0 Å². The van der Waals surface area contributed by atoms with Crippen LogP contribution in [0.5, 0.6) is 11.5 Å². The van der Waals surface area contributed by atoms with E-state index in [2.05, 4.69) is 19.1 Å². The van der Waals surface area contributed by atoms with Crippen LogP contribution in [0.2, 0.25) is 0 Å². The van der Waals surface area contributed by atoms with Crippen LogP contribution in [-0.2, 0) is 0 Å². The molecular weight excluding hydrogens is 408 g/mol. The van der Waals surface area contributed by atoms with Gasteiger partial charge in [-0.15, -0.1) is 0 Å². The zero-order valence-electron chi connectivity index (χ0n) is 20.4. The molecule has 0 atom stereocenters. The third-order valence-electron chi connectivity index (χ3n) is 7.99. The van der Waals surface area contributed by atoms with E-state index in [0.717, 1.165) is 23.5 Å². The summed E-state index contributed by atoms with van der Waals surface area (Å²) in [6, 6.07) is 15.3. The van der Waals surface area contributed by atoms with E-state index in [1.165, 1.54) is 69.8 Å². The Morgan fingerprint density at radius 3 is 1.91 bits per heavy atom. The Bertz CT molecular complexity index is 854. The molecule has 0 aromatic heterocycles. The highest BCUT2D eigenvalue weighted by Crippen LogP contribution is 2.44. The van der Waals surface area contributed by atoms with Gasteiger partial charge in [-0.05, 0) is 111 Å². The highest BCUT2D eigenvalue weighted by Gasteiger charge is 2.31. The van der Waals surface area contributed by atoms with Crippen LogP contribution < -0.4 is 9.47 Å². The molecule has 0 spiro atoms. The van der Waals surface area contributed by atoms with Crippen molar-refractivity contribution in [2.24, 2.45) is 17.8 Å². The van der Waals surface area contributed by atoms with E-state index in [4.69, 9.17) is 9.47 Å². The van der Waals surface area contributed by atoms with Crippen LogP contribution in [0.3, 0.4) is 0 Å². The van der Waals surface area contributed by atoms with E-state index in [9.17, 15) is 4.79 Å². The first-order valence-electron chi connectivity index (χ1n) is 13.2. The Labute approximate surface area is 199 Å². The van der Waals surface area contributed by atoms with Gasteiger partial charge in [0.05, 0.1) is 12.2 Å². The van der Waals surface area contributed by atoms with Crippen LogP contribution in [-0.4, -0.2) is 12.6 Å². The second kappa shape index (κ2) is 11.7. The fraction of sp³-hybridized carbons (Fsp3) is 0.567. The van der Waals surface area contributed by atoms with Crippen molar-refractivity contribution in [1.82, 2.24) is 0 Å². The normalized spacial score (nSPS) is 25.4. The molecule has 2 fully saturated rings. The van der Waals surface area contributed by atoms with Gasteiger partial charge in [-0.1, -0.05) is 44.7 Å². The van der Waals surface area contributed by atoms with Crippen LogP contribution in [0, 0.1) is 17.8 Å². The molecule has 2 saturated carbocycles. The van der Waals surface area contributed by atoms with E-state index >= 15 is 0 Å². The molecule has 3 heteroatoms. The summed E-state index contributed by atoms with van der Waals surface area (Å²) in [6.45, 7) is 4.89. The van der Waals surface area contributed by atoms with Crippen molar-refractivity contribution in [3.8, 4) is 11.5 Å². The van der Waals surface area contributed by atoms with E-state index in [1.54, 1.807) is 12.1 Å². The quantitative estimate of drug-likeness (QED) is 0.302. The number of hydrogen-bond donors (Lipinski definition) is 0. The predicted octanol–water partition coefficient (Wildman–Crippen LogP) is 8.18. The Morgan fingerprint density at radius 1 is 0.758 bits per heavy atom. The van der Waals surface area contributed by atoms with E-state index in [-0.39, 0.29) is 5.97 Å². The highest BCUT2D eigenvalue weighted by atomic mass is 16.5. The molecule has 2 aromatic rings. The van der Waals surface area contributed by atoms with Gasteiger partial charge in [0.15, 0.2) is 0 Å². The largest absolute Gasteiger partial charge is 0.494 e. The minimum Gasteiger partial charge on any atom is -0.494 e. The first-order chi connectivity index (χ1) is 16.2. The average Bonchev–Trinajstić information content (AvgIpc) is 2.86. The molecule has 0 saturated heterocycles. The summed E-state index contributed by atoms with van der Waals surface area (Å²) < 4.78 is 11.0. The van der Waals surface area contributed by atoms with Gasteiger partial charge in [0.25, 0.3) is 0 Å². The lowest BCUT2D eigenvalue weighted by atomic mass is 9.68. The van der Waals surface area contributed by atoms with Crippen LogP contribution in [0.4, 0.5) is 0 Å². The number of ether oxygens (including phenoxy) is 2. The smallest absolute Gasteiger partial charge is 0.343 e. The van der Waals surface area contributed by atoms with Gasteiger partial charge < -0.3 is 9.47 Å². The van der Waals surface area contributed by atoms with Gasteiger partial charge in [-0.2, -0.15) is 0 Å². The number of carbonyl (C=O) groups is 1. The molecule has 0 bridgehead atoms. The summed E-state index contributed by atoms with van der Waals surface area (Å²) in [6.07, 6.45) is 14.0. The molecule has 178 valence electrons. The fourth-order valence-electron chi connectivity index (χ4n) is 6.11. The summed E-state index contributed by atoms with van der Waals surface area (Å²) in [7, 11) is 0. The van der Waals surface area contributed by atoms with Crippen molar-refractivity contribution in [1.29, 1.82) is 0 Å². The summed E-state index contributed by atoms with van der Waals surface area (Å²) in [4.78, 5) is 12.5. The maximum absolute atomic E-state index is 12.5. The SMILES string of the molecule is CCC[C@H]1CC[C@H]([C@H]2CC[C@H](c3ccc(C(=O)Oc4ccc(OCC)cc4)cc3)CC2)CC1. The Kier molecular flexibility index (Phi) is 8.47. The summed E-state index contributed by atoms with van der Waals surface area (Å²) in [5.41, 5.74) is 1.97. The third kappa shape index (κ3) is 6.40. The second-order valence-electron chi connectivity index (χ2n) is 10.1. The minimum absolute atomic E-state index is 0.312. The summed E-state index contributed by atoms with van der Waals surface area (Å²) >= 11 is 0. The van der Waals surface area contributed by atoms with E-state index in [1.807, 2.05) is 31.2 Å². The number of rotatable bonds is 8. The summed E-state index contributed by atoms with van der Waals surface area (Å²) in [5, 5.41) is 0. The lowest BCUT2D eigenvalue weighted by Gasteiger charge is -2.38. The number of hydrogen-bond acceptors (Lipinski definition) is 3. The monoisotopic (exact) mass is 448 g/mol. The van der Waals surface area contributed by atoms with Gasteiger partial charge >= 0.3 is 5.97 Å². The predicted molar refractivity (Wildman–Crippen MR) is 134 cm³/mol. The first-order valence-corrected chi connectivity index (χ1v) is 13.2. The molecule has 0 amide bonds. The number of benzene rings is 2. The van der Waals surface area contributed by atoms with Crippen LogP contribution in [0.1, 0.15) is 99.9 Å². The van der Waals surface area contributed by atoms with Crippen LogP contribution >= 0.6 is 0 Å². The Morgan fingerprint density at radius 2 is 1.33 bits per heavy atom. The molecule has 0 N–H and O–H groups in total. The lowest BCUT2D eigenvalue weighted by molar-refractivity contribution is 0.0734. The standard InChI is InChI=1S/C30H40O3/c1-3-5-22-6-8-23(9-7-22)24-10-12-25(13-11-24)26-14-16-27(17-15-26)30(31)33-29-20-18-28(19-21-29)32-4-2/h14-25H,3-13H2,1-2H3/t22-,23-,24-,25-. The molecular formula is C30H40O3. The van der Waals surface area contributed by atoms with Gasteiger partial charge in [-0.25, -0.2) is 4.79 Å². The Balaban J connectivity index is 1.25. The van der Waals surface area contributed by atoms with E-state index in [0.29, 0.717) is 23.8 Å². The molecule has 2 aliphatic carbocycles. The maximum Gasteiger partial charge on any atom is 0.343 e. The van der Waals surface area contributed by atoms with Crippen molar-refractivity contribution in [3.63, 3.8) is 0 Å². The van der Waals surface area contributed by atoms with Gasteiger partial charge in [0.1, 0.15) is 11.5 Å². The number of esters is 1. The first kappa shape index (κ1) is 23.9. The average molecular weight is 449 g/mol. The molecule has 2 aromatic carbocycles. The molecule has 3 nitrogen and oxygen atoms in total. The molecule has 4 rings (SSSR count). The second-order valence-corrected chi connectivity index (χ2v) is 10.1. The van der Waals surface area contributed by atoms with Crippen molar-refractivity contribution in [2.75, 3.05) is 6.61 Å². The zero-order chi connectivity index (χ0) is 23.0. The molecule has 0 aliphatic heterocycles. The Hall–Kier alpha value is -2.29. The van der Waals surface area contributed by atoms with Crippen molar-refractivity contribution in [3.05, 3.63) is 59.7 Å². The molecule has 0 unspecified atom stereocenters. The molecule has 0 heterocycles. The van der Waals surface area contributed by atoms with Crippen LogP contribution in [0.25, 0.3) is 0 Å². The van der Waals surface area contributed by atoms with Gasteiger partial charge in [0, 0.05) is 0 Å². The number of carbonyl (C=O) groups excluding carboxylic acids is 1. The van der Waals surface area contributed by atoms with Crippen molar-refractivity contribution >= 4 is 5.97 Å². The fourth-order valence-corrected chi connectivity index (χ4v) is 6.11. The maximum atomic E-state index is 12.5. The van der Waals surface area contributed by atoms with Gasteiger partial charge in [-0.3, -0.25) is 0 Å². The van der Waals surface area contributed by atoms with Crippen molar-refractivity contribution < 1.29 is 14.3 Å². The third-order valence-corrected chi connectivity index (χ3v) is 7.99. The van der Waals surface area contributed by atoms with E-state index < -0.39 is 0 Å². The van der Waals surface area contributed by atoms with Crippen LogP contribution in [0.15, 0.2) is 48.5 Å². The zero-order valence-corrected chi connectivity index (χ0v) is 20.4. The molecule has 33 heavy (non-hydrogen) atoms. The summed E-state index contributed by atoms with van der Waals surface area (Å²) in [5.74, 6) is 4.55. The highest BCUT2D eigenvalue weighted by molar-refractivity contribution is 5.91. The van der Waals surface area contributed by atoms with Crippen molar-refractivity contribution in [2.45, 2.75) is 84.0 Å². The minimum atomic E-state index is -0.312. The molecule has 0 radical (unpaired) electrons.